The number of benzene rings is 1. The van der Waals surface area contributed by atoms with E-state index >= 15 is 0 Å². The predicted molar refractivity (Wildman–Crippen MR) is 107 cm³/mol. The summed E-state index contributed by atoms with van der Waals surface area (Å²) in [5.74, 6) is 1.82. The van der Waals surface area contributed by atoms with Crippen LogP contribution in [-0.2, 0) is 14.8 Å². The Morgan fingerprint density at radius 1 is 1.17 bits per heavy atom. The molecular weight excluding hydrogens is 396 g/mol. The van der Waals surface area contributed by atoms with E-state index in [9.17, 15) is 13.2 Å². The molecule has 1 amide bonds. The fraction of sp³-hybridized carbons (Fsp3) is 0.222. The minimum absolute atomic E-state index is 0.268. The molecule has 0 aliphatic rings. The van der Waals surface area contributed by atoms with Gasteiger partial charge in [-0.25, -0.2) is 13.4 Å². The van der Waals surface area contributed by atoms with E-state index in [1.807, 2.05) is 6.92 Å². The lowest BCUT2D eigenvalue weighted by Crippen LogP contribution is -2.34. The van der Waals surface area contributed by atoms with Gasteiger partial charge in [-0.1, -0.05) is 0 Å². The molecule has 152 valence electrons. The summed E-state index contributed by atoms with van der Waals surface area (Å²) in [5, 5.41) is 10.8. The number of nitrogens with zero attached hydrogens (tertiary/aromatic N) is 5. The maximum absolute atomic E-state index is 11.9. The van der Waals surface area contributed by atoms with Crippen molar-refractivity contribution in [1.82, 2.24) is 24.1 Å². The fourth-order valence-corrected chi connectivity index (χ4v) is 2.71. The molecule has 11 heteroatoms. The van der Waals surface area contributed by atoms with Crippen LogP contribution in [0, 0.1) is 6.92 Å². The highest BCUT2D eigenvalue weighted by molar-refractivity contribution is 7.88. The number of ether oxygens (including phenoxy) is 1. The number of aryl methyl sites for hydroxylation is 1. The van der Waals surface area contributed by atoms with Crippen LogP contribution in [0.25, 0.3) is 5.82 Å². The number of amides is 1. The van der Waals surface area contributed by atoms with Crippen LogP contribution in [0.4, 0.5) is 5.69 Å². The summed E-state index contributed by atoms with van der Waals surface area (Å²) in [7, 11) is -2.08. The van der Waals surface area contributed by atoms with Gasteiger partial charge in [0.15, 0.2) is 5.82 Å². The average Bonchev–Trinajstić information content (AvgIpc) is 3.09. The molecule has 3 rings (SSSR count). The summed E-state index contributed by atoms with van der Waals surface area (Å²) >= 11 is 0. The highest BCUT2D eigenvalue weighted by Crippen LogP contribution is 2.21. The van der Waals surface area contributed by atoms with Crippen molar-refractivity contribution in [2.45, 2.75) is 6.92 Å². The van der Waals surface area contributed by atoms with Crippen LogP contribution >= 0.6 is 0 Å². The molecule has 0 fully saturated rings. The van der Waals surface area contributed by atoms with Gasteiger partial charge in [0.25, 0.3) is 0 Å². The van der Waals surface area contributed by atoms with Gasteiger partial charge in [-0.2, -0.15) is 4.31 Å². The second-order valence-electron chi connectivity index (χ2n) is 6.27. The highest BCUT2D eigenvalue weighted by Gasteiger charge is 2.15. The Balaban J connectivity index is 1.59. The van der Waals surface area contributed by atoms with Gasteiger partial charge >= 0.3 is 0 Å². The molecule has 0 saturated carbocycles. The largest absolute Gasteiger partial charge is 0.438 e. The van der Waals surface area contributed by atoms with Crippen molar-refractivity contribution in [2.75, 3.05) is 25.2 Å². The first kappa shape index (κ1) is 20.4. The number of carbonyl (C=O) groups excluding carboxylic acids is 1. The maximum Gasteiger partial charge on any atom is 0.239 e. The molecule has 0 aliphatic heterocycles. The Bertz CT molecular complexity index is 1090. The van der Waals surface area contributed by atoms with E-state index in [0.29, 0.717) is 23.1 Å². The molecule has 1 aromatic carbocycles. The maximum atomic E-state index is 11.9. The van der Waals surface area contributed by atoms with Crippen molar-refractivity contribution in [1.29, 1.82) is 0 Å². The molecule has 0 bridgehead atoms. The molecule has 0 saturated heterocycles. The Kier molecular flexibility index (Phi) is 5.89. The number of nitrogens with one attached hydrogen (secondary N) is 1. The van der Waals surface area contributed by atoms with Crippen molar-refractivity contribution < 1.29 is 17.9 Å². The first-order valence-corrected chi connectivity index (χ1v) is 10.4. The zero-order valence-electron chi connectivity index (χ0n) is 16.1. The van der Waals surface area contributed by atoms with Crippen molar-refractivity contribution in [3.63, 3.8) is 0 Å². The number of hydrogen-bond donors (Lipinski definition) is 1. The van der Waals surface area contributed by atoms with Crippen LogP contribution in [-0.4, -0.2) is 58.2 Å². The zero-order chi connectivity index (χ0) is 21.0. The van der Waals surface area contributed by atoms with E-state index in [4.69, 9.17) is 4.74 Å². The summed E-state index contributed by atoms with van der Waals surface area (Å²) in [6, 6.07) is 10.1. The molecule has 2 heterocycles. The number of aromatic nitrogens is 4. The van der Waals surface area contributed by atoms with Crippen LogP contribution in [0.5, 0.6) is 11.6 Å². The van der Waals surface area contributed by atoms with Gasteiger partial charge < -0.3 is 10.1 Å². The standard InChI is InChI=1S/C18H20N6O4S/c1-13-19-10-11-24(13)16-8-9-18(22-21-16)28-15-6-4-14(5-7-15)20-17(25)12-23(2)29(3,26)27/h4-11H,12H2,1-3H3,(H,20,25). The predicted octanol–water partition coefficient (Wildman–Crippen LogP) is 1.59. The number of hydrogen-bond acceptors (Lipinski definition) is 7. The zero-order valence-corrected chi connectivity index (χ0v) is 16.9. The first-order valence-electron chi connectivity index (χ1n) is 8.55. The van der Waals surface area contributed by atoms with E-state index in [1.54, 1.807) is 53.4 Å². The van der Waals surface area contributed by atoms with Gasteiger partial charge in [0.05, 0.1) is 12.8 Å². The molecule has 10 nitrogen and oxygen atoms in total. The van der Waals surface area contributed by atoms with Gasteiger partial charge in [-0.05, 0) is 37.3 Å². The van der Waals surface area contributed by atoms with Gasteiger partial charge in [-0.15, -0.1) is 10.2 Å². The molecule has 1 N–H and O–H groups in total. The summed E-state index contributed by atoms with van der Waals surface area (Å²) < 4.78 is 31.1. The third-order valence-electron chi connectivity index (χ3n) is 3.99. The van der Waals surface area contributed by atoms with Crippen LogP contribution in [0.3, 0.4) is 0 Å². The SMILES string of the molecule is Cc1nccn1-c1ccc(Oc2ccc(NC(=O)CN(C)S(C)(=O)=O)cc2)nn1. The topological polar surface area (TPSA) is 119 Å². The van der Waals surface area contributed by atoms with Crippen molar-refractivity contribution in [3.8, 4) is 17.4 Å². The van der Waals surface area contributed by atoms with E-state index < -0.39 is 15.9 Å². The minimum Gasteiger partial charge on any atom is -0.438 e. The van der Waals surface area contributed by atoms with E-state index in [2.05, 4.69) is 20.5 Å². The summed E-state index contributed by atoms with van der Waals surface area (Å²) in [4.78, 5) is 16.1. The van der Waals surface area contributed by atoms with Crippen LogP contribution in [0.15, 0.2) is 48.8 Å². The highest BCUT2D eigenvalue weighted by atomic mass is 32.2. The quantitative estimate of drug-likeness (QED) is 0.621. The lowest BCUT2D eigenvalue weighted by Gasteiger charge is -2.13. The van der Waals surface area contributed by atoms with Crippen LogP contribution < -0.4 is 10.1 Å². The molecule has 2 aromatic heterocycles. The number of sulfonamides is 1. The number of likely N-dealkylation sites (N-methyl/N-ethyl adjacent to an activating group) is 1. The van der Waals surface area contributed by atoms with E-state index in [-0.39, 0.29) is 6.54 Å². The first-order chi connectivity index (χ1) is 13.7. The third-order valence-corrected chi connectivity index (χ3v) is 5.25. The molecule has 3 aromatic rings. The second-order valence-corrected chi connectivity index (χ2v) is 8.36. The fourth-order valence-electron chi connectivity index (χ4n) is 2.36. The van der Waals surface area contributed by atoms with Crippen molar-refractivity contribution in [3.05, 3.63) is 54.6 Å². The molecule has 29 heavy (non-hydrogen) atoms. The van der Waals surface area contributed by atoms with E-state index in [1.165, 1.54) is 7.05 Å². The van der Waals surface area contributed by atoms with Crippen LogP contribution in [0.2, 0.25) is 0 Å². The lowest BCUT2D eigenvalue weighted by atomic mass is 10.3. The average molecular weight is 416 g/mol. The molecule has 0 aliphatic carbocycles. The normalized spacial score (nSPS) is 11.4. The van der Waals surface area contributed by atoms with Gasteiger partial charge in [-0.3, -0.25) is 9.36 Å². The molecule has 0 spiro atoms. The van der Waals surface area contributed by atoms with Gasteiger partial charge in [0, 0.05) is 31.2 Å². The van der Waals surface area contributed by atoms with Gasteiger partial charge in [0.2, 0.25) is 21.8 Å². The lowest BCUT2D eigenvalue weighted by molar-refractivity contribution is -0.116. The smallest absolute Gasteiger partial charge is 0.239 e. The Morgan fingerprint density at radius 3 is 2.45 bits per heavy atom. The molecule has 0 unspecified atom stereocenters. The van der Waals surface area contributed by atoms with Crippen LogP contribution in [0.1, 0.15) is 5.82 Å². The third kappa shape index (κ3) is 5.36. The van der Waals surface area contributed by atoms with Crippen molar-refractivity contribution >= 4 is 21.6 Å². The molecule has 0 atom stereocenters. The Morgan fingerprint density at radius 2 is 1.90 bits per heavy atom. The summed E-state index contributed by atoms with van der Waals surface area (Å²) in [6.45, 7) is 1.60. The van der Waals surface area contributed by atoms with Crippen molar-refractivity contribution in [2.24, 2.45) is 0 Å². The van der Waals surface area contributed by atoms with E-state index in [0.717, 1.165) is 16.4 Å². The summed E-state index contributed by atoms with van der Waals surface area (Å²) in [5.41, 5.74) is 0.515. The molecule has 0 radical (unpaired) electrons. The number of imidazole rings is 1. The minimum atomic E-state index is -3.42. The number of carbonyl (C=O) groups is 1. The Labute approximate surface area is 168 Å². The number of rotatable bonds is 7. The van der Waals surface area contributed by atoms with Gasteiger partial charge in [0.1, 0.15) is 11.6 Å². The Hall–Kier alpha value is -3.31. The molecular formula is C18H20N6O4S. The summed E-state index contributed by atoms with van der Waals surface area (Å²) in [6.07, 6.45) is 4.51. The monoisotopic (exact) mass is 416 g/mol. The second kappa shape index (κ2) is 8.37. The number of anilines is 1.